The van der Waals surface area contributed by atoms with Crippen LogP contribution in [0.3, 0.4) is 0 Å². The fourth-order valence-electron chi connectivity index (χ4n) is 1.47. The molecule has 0 unspecified atom stereocenters. The summed E-state index contributed by atoms with van der Waals surface area (Å²) in [5.41, 5.74) is 1.08. The lowest BCUT2D eigenvalue weighted by molar-refractivity contribution is 0.344. The summed E-state index contributed by atoms with van der Waals surface area (Å²) in [6.07, 6.45) is 3.98. The maximum Gasteiger partial charge on any atom is 0.0542 e. The van der Waals surface area contributed by atoms with Crippen molar-refractivity contribution in [2.75, 3.05) is 0 Å². The van der Waals surface area contributed by atoms with Gasteiger partial charge in [-0.1, -0.05) is 0 Å². The number of nitrogens with zero attached hydrogens (tertiary/aromatic N) is 1. The number of rotatable bonds is 3. The zero-order valence-electron chi connectivity index (χ0n) is 7.71. The van der Waals surface area contributed by atoms with Gasteiger partial charge in [0.1, 0.15) is 0 Å². The van der Waals surface area contributed by atoms with Gasteiger partial charge in [0, 0.05) is 28.6 Å². The van der Waals surface area contributed by atoms with E-state index in [1.54, 1.807) is 0 Å². The smallest absolute Gasteiger partial charge is 0.0542 e. The van der Waals surface area contributed by atoms with Gasteiger partial charge in [0.15, 0.2) is 0 Å². The highest BCUT2D eigenvalue weighted by molar-refractivity contribution is 9.10. The molecule has 1 aliphatic carbocycles. The van der Waals surface area contributed by atoms with E-state index in [-0.39, 0.29) is 0 Å². The zero-order chi connectivity index (χ0) is 9.97. The minimum absolute atomic E-state index is 0.380. The second-order valence-corrected chi connectivity index (χ2v) is 5.15. The van der Waals surface area contributed by atoms with Crippen molar-refractivity contribution < 1.29 is 0 Å². The summed E-state index contributed by atoms with van der Waals surface area (Å²) in [6, 6.07) is 4.62. The first-order valence-corrected chi connectivity index (χ1v) is 5.95. The predicted molar refractivity (Wildman–Crippen MR) is 61.4 cm³/mol. The van der Waals surface area contributed by atoms with Crippen LogP contribution in [-0.4, -0.2) is 16.4 Å². The van der Waals surface area contributed by atoms with Gasteiger partial charge in [-0.2, -0.15) is 0 Å². The predicted octanol–water partition coefficient (Wildman–Crippen LogP) is 2.70. The molecular weight excluding hydrogens is 263 g/mol. The van der Waals surface area contributed by atoms with Crippen molar-refractivity contribution in [2.45, 2.75) is 30.8 Å². The number of hydrogen-bond donors (Lipinski definition) is 1. The summed E-state index contributed by atoms with van der Waals surface area (Å²) in [5.74, 6) is 0. The Bertz CT molecular complexity index is 295. The minimum Gasteiger partial charge on any atom is -0.308 e. The number of aromatic nitrogens is 1. The minimum atomic E-state index is 0.380. The molecule has 2 nitrogen and oxygen atoms in total. The summed E-state index contributed by atoms with van der Waals surface area (Å²) < 4.78 is 1.02. The lowest BCUT2D eigenvalue weighted by atomic mass is 9.92. The Labute approximate surface area is 97.2 Å². The molecule has 1 N–H and O–H groups in total. The first kappa shape index (κ1) is 10.4. The molecule has 0 saturated heterocycles. The van der Waals surface area contributed by atoms with Gasteiger partial charge in [0.05, 0.1) is 5.69 Å². The van der Waals surface area contributed by atoms with Crippen molar-refractivity contribution >= 4 is 27.5 Å². The fourth-order valence-corrected chi connectivity index (χ4v) is 2.14. The van der Waals surface area contributed by atoms with Crippen LogP contribution in [0, 0.1) is 0 Å². The first-order chi connectivity index (χ1) is 6.74. The molecule has 1 aromatic rings. The average Bonchev–Trinajstić information content (AvgIpc) is 2.13. The number of halogens is 2. The molecule has 1 saturated carbocycles. The highest BCUT2D eigenvalue weighted by Crippen LogP contribution is 2.25. The quantitative estimate of drug-likeness (QED) is 0.858. The summed E-state index contributed by atoms with van der Waals surface area (Å²) in [4.78, 5) is 4.29. The van der Waals surface area contributed by atoms with E-state index in [1.165, 1.54) is 0 Å². The normalized spacial score (nSPS) is 25.9. The molecule has 1 aliphatic rings. The molecule has 2 rings (SSSR count). The third-order valence-corrected chi connectivity index (χ3v) is 3.27. The molecule has 1 fully saturated rings. The molecule has 0 spiro atoms. The Morgan fingerprint density at radius 2 is 2.29 bits per heavy atom. The summed E-state index contributed by atoms with van der Waals surface area (Å²) in [7, 11) is 0. The molecular formula is C10H12BrClN2. The molecule has 0 atom stereocenters. The van der Waals surface area contributed by atoms with Gasteiger partial charge in [-0.05, 0) is 40.9 Å². The molecule has 14 heavy (non-hydrogen) atoms. The van der Waals surface area contributed by atoms with E-state index >= 15 is 0 Å². The van der Waals surface area contributed by atoms with E-state index in [4.69, 9.17) is 11.6 Å². The van der Waals surface area contributed by atoms with E-state index in [1.807, 2.05) is 18.3 Å². The van der Waals surface area contributed by atoms with Gasteiger partial charge >= 0.3 is 0 Å². The van der Waals surface area contributed by atoms with E-state index in [0.717, 1.165) is 29.6 Å². The average molecular weight is 276 g/mol. The van der Waals surface area contributed by atoms with Crippen LogP contribution in [0.2, 0.25) is 0 Å². The Hall–Kier alpha value is -0.120. The Morgan fingerprint density at radius 1 is 1.50 bits per heavy atom. The van der Waals surface area contributed by atoms with Gasteiger partial charge < -0.3 is 5.32 Å². The van der Waals surface area contributed by atoms with Crippen LogP contribution < -0.4 is 5.32 Å². The van der Waals surface area contributed by atoms with Crippen molar-refractivity contribution in [2.24, 2.45) is 0 Å². The number of nitrogens with one attached hydrogen (secondary N) is 1. The lowest BCUT2D eigenvalue weighted by Crippen LogP contribution is -2.41. The van der Waals surface area contributed by atoms with Crippen molar-refractivity contribution in [1.82, 2.24) is 10.3 Å². The maximum atomic E-state index is 5.88. The number of pyridine rings is 1. The Balaban J connectivity index is 1.78. The second-order valence-electron chi connectivity index (χ2n) is 3.61. The van der Waals surface area contributed by atoms with E-state index in [9.17, 15) is 0 Å². The molecule has 0 radical (unpaired) electrons. The molecule has 0 bridgehead atoms. The van der Waals surface area contributed by atoms with Gasteiger partial charge in [-0.3, -0.25) is 4.98 Å². The topological polar surface area (TPSA) is 24.9 Å². The molecule has 0 aromatic carbocycles. The SMILES string of the molecule is ClC1CC(NCc2ccc(Br)cn2)C1. The van der Waals surface area contributed by atoms with E-state index in [0.29, 0.717) is 11.4 Å². The van der Waals surface area contributed by atoms with Crippen LogP contribution in [0.15, 0.2) is 22.8 Å². The van der Waals surface area contributed by atoms with E-state index in [2.05, 4.69) is 26.2 Å². The molecule has 1 heterocycles. The molecule has 0 amide bonds. The number of alkyl halides is 1. The Morgan fingerprint density at radius 3 is 2.86 bits per heavy atom. The highest BCUT2D eigenvalue weighted by atomic mass is 79.9. The number of hydrogen-bond acceptors (Lipinski definition) is 2. The lowest BCUT2D eigenvalue weighted by Gasteiger charge is -2.31. The van der Waals surface area contributed by atoms with Crippen molar-refractivity contribution in [3.05, 3.63) is 28.5 Å². The second kappa shape index (κ2) is 4.60. The van der Waals surface area contributed by atoms with Gasteiger partial charge in [0.2, 0.25) is 0 Å². The van der Waals surface area contributed by atoms with Gasteiger partial charge in [-0.25, -0.2) is 0 Å². The van der Waals surface area contributed by atoms with Crippen molar-refractivity contribution in [3.8, 4) is 0 Å². The monoisotopic (exact) mass is 274 g/mol. The van der Waals surface area contributed by atoms with Crippen LogP contribution in [0.4, 0.5) is 0 Å². The van der Waals surface area contributed by atoms with Gasteiger partial charge in [0.25, 0.3) is 0 Å². The van der Waals surface area contributed by atoms with Crippen LogP contribution in [0.1, 0.15) is 18.5 Å². The molecule has 4 heteroatoms. The fraction of sp³-hybridized carbons (Fsp3) is 0.500. The third kappa shape index (κ3) is 2.69. The van der Waals surface area contributed by atoms with Gasteiger partial charge in [-0.15, -0.1) is 11.6 Å². The highest BCUT2D eigenvalue weighted by Gasteiger charge is 2.26. The summed E-state index contributed by atoms with van der Waals surface area (Å²) in [6.45, 7) is 0.835. The Kier molecular flexibility index (Phi) is 3.42. The van der Waals surface area contributed by atoms with Crippen LogP contribution in [0.25, 0.3) is 0 Å². The maximum absolute atomic E-state index is 5.88. The summed E-state index contributed by atoms with van der Waals surface area (Å²) >= 11 is 9.24. The third-order valence-electron chi connectivity index (χ3n) is 2.44. The largest absolute Gasteiger partial charge is 0.308 e. The van der Waals surface area contributed by atoms with Crippen LogP contribution >= 0.6 is 27.5 Å². The zero-order valence-corrected chi connectivity index (χ0v) is 10.1. The standard InChI is InChI=1S/C10H12BrClN2/c11-7-1-2-9(13-5-7)6-14-10-3-8(12)4-10/h1-2,5,8,10,14H,3-4,6H2. The molecule has 76 valence electrons. The van der Waals surface area contributed by atoms with Crippen molar-refractivity contribution in [3.63, 3.8) is 0 Å². The van der Waals surface area contributed by atoms with Crippen LogP contribution in [-0.2, 0) is 6.54 Å². The molecule has 1 aromatic heterocycles. The first-order valence-electron chi connectivity index (χ1n) is 4.72. The van der Waals surface area contributed by atoms with E-state index < -0.39 is 0 Å². The van der Waals surface area contributed by atoms with Crippen molar-refractivity contribution in [1.29, 1.82) is 0 Å². The summed E-state index contributed by atoms with van der Waals surface area (Å²) in [5, 5.41) is 3.80. The molecule has 0 aliphatic heterocycles. The van der Waals surface area contributed by atoms with Crippen LogP contribution in [0.5, 0.6) is 0 Å².